The molecule has 88 valence electrons. The number of benzene rings is 1. The van der Waals surface area contributed by atoms with Gasteiger partial charge in [-0.15, -0.1) is 23.7 Å². The zero-order chi connectivity index (χ0) is 10.7. The highest BCUT2D eigenvalue weighted by Gasteiger charge is 2.10. The molecule has 2 nitrogen and oxygen atoms in total. The van der Waals surface area contributed by atoms with E-state index in [-0.39, 0.29) is 18.4 Å². The van der Waals surface area contributed by atoms with Crippen molar-refractivity contribution in [2.45, 2.75) is 12.5 Å². The first kappa shape index (κ1) is 13.8. The number of fused-ring (bicyclic) bond motifs is 1. The minimum absolute atomic E-state index is 0. The lowest BCUT2D eigenvalue weighted by atomic mass is 10.2. The first-order valence-corrected chi connectivity index (χ1v) is 7.12. The highest BCUT2D eigenvalue weighted by molar-refractivity contribution is 7.98. The molecule has 0 saturated heterocycles. The zero-order valence-corrected chi connectivity index (χ0v) is 11.5. The Kier molecular flexibility index (Phi) is 5.55. The van der Waals surface area contributed by atoms with Gasteiger partial charge in [0.1, 0.15) is 5.01 Å². The molecule has 0 aliphatic heterocycles. The average Bonchev–Trinajstić information content (AvgIpc) is 2.69. The summed E-state index contributed by atoms with van der Waals surface area (Å²) in [5, 5.41) is 1.06. The number of nitrogens with zero attached hydrogens (tertiary/aromatic N) is 1. The summed E-state index contributed by atoms with van der Waals surface area (Å²) in [4.78, 5) is 4.55. The summed E-state index contributed by atoms with van der Waals surface area (Å²) in [5.41, 5.74) is 7.15. The number of hydrogen-bond donors (Lipinski definition) is 1. The Hall–Kier alpha value is -0.290. The number of aromatic nitrogens is 1. The minimum atomic E-state index is 0. The second-order valence-electron chi connectivity index (χ2n) is 3.41. The van der Waals surface area contributed by atoms with Gasteiger partial charge in [0.15, 0.2) is 0 Å². The van der Waals surface area contributed by atoms with Crippen LogP contribution < -0.4 is 5.73 Å². The standard InChI is InChI=1S/C11H14N2S2.ClH/c1-14-7-6-8(12)11-13-9-4-2-3-5-10(9)15-11;/h2-5,8H,6-7,12H2,1H3;1H. The van der Waals surface area contributed by atoms with Crippen LogP contribution in [0, 0.1) is 0 Å². The molecule has 0 radical (unpaired) electrons. The Morgan fingerprint density at radius 3 is 2.88 bits per heavy atom. The fraction of sp³-hybridized carbons (Fsp3) is 0.364. The van der Waals surface area contributed by atoms with Gasteiger partial charge in [-0.3, -0.25) is 0 Å². The molecule has 1 unspecified atom stereocenters. The fourth-order valence-electron chi connectivity index (χ4n) is 1.42. The SMILES string of the molecule is CSCCC(N)c1nc2ccccc2s1.Cl. The lowest BCUT2D eigenvalue weighted by molar-refractivity contribution is 0.701. The van der Waals surface area contributed by atoms with E-state index in [2.05, 4.69) is 17.3 Å². The maximum atomic E-state index is 6.08. The van der Waals surface area contributed by atoms with Gasteiger partial charge < -0.3 is 5.73 Å². The summed E-state index contributed by atoms with van der Waals surface area (Å²) >= 11 is 3.54. The van der Waals surface area contributed by atoms with Gasteiger partial charge in [0.05, 0.1) is 16.3 Å². The van der Waals surface area contributed by atoms with Crippen LogP contribution in [0.2, 0.25) is 0 Å². The molecule has 2 N–H and O–H groups in total. The monoisotopic (exact) mass is 274 g/mol. The third-order valence-corrected chi connectivity index (χ3v) is 4.07. The van der Waals surface area contributed by atoms with Crippen molar-refractivity contribution in [3.8, 4) is 0 Å². The fourth-order valence-corrected chi connectivity index (χ4v) is 2.91. The van der Waals surface area contributed by atoms with Crippen molar-refractivity contribution in [3.05, 3.63) is 29.3 Å². The van der Waals surface area contributed by atoms with Gasteiger partial charge in [-0.25, -0.2) is 4.98 Å². The van der Waals surface area contributed by atoms with E-state index in [4.69, 9.17) is 5.73 Å². The van der Waals surface area contributed by atoms with Crippen molar-refractivity contribution in [1.82, 2.24) is 4.98 Å². The third-order valence-electron chi connectivity index (χ3n) is 2.26. The summed E-state index contributed by atoms with van der Waals surface area (Å²) < 4.78 is 1.23. The summed E-state index contributed by atoms with van der Waals surface area (Å²) in [6, 6.07) is 8.28. The van der Waals surface area contributed by atoms with Crippen molar-refractivity contribution in [3.63, 3.8) is 0 Å². The number of nitrogens with two attached hydrogens (primary N) is 1. The maximum absolute atomic E-state index is 6.08. The summed E-state index contributed by atoms with van der Waals surface area (Å²) in [6.07, 6.45) is 3.10. The van der Waals surface area contributed by atoms with Crippen molar-refractivity contribution >= 4 is 45.7 Å². The highest BCUT2D eigenvalue weighted by atomic mass is 35.5. The van der Waals surface area contributed by atoms with Gasteiger partial charge in [-0.1, -0.05) is 12.1 Å². The van der Waals surface area contributed by atoms with Crippen LogP contribution in [0.3, 0.4) is 0 Å². The molecule has 0 saturated carbocycles. The molecular formula is C11H15ClN2S2. The molecule has 1 atom stereocenters. The van der Waals surface area contributed by atoms with Crippen LogP contribution in [0.1, 0.15) is 17.5 Å². The van der Waals surface area contributed by atoms with Crippen LogP contribution in [-0.4, -0.2) is 17.0 Å². The Balaban J connectivity index is 0.00000128. The third kappa shape index (κ3) is 3.10. The molecule has 1 aromatic heterocycles. The molecule has 0 aliphatic carbocycles. The molecule has 1 aromatic carbocycles. The van der Waals surface area contributed by atoms with Crippen molar-refractivity contribution in [2.24, 2.45) is 5.73 Å². The lowest BCUT2D eigenvalue weighted by Gasteiger charge is -2.05. The average molecular weight is 275 g/mol. The molecule has 5 heteroatoms. The Bertz CT molecular complexity index is 411. The van der Waals surface area contributed by atoms with Crippen molar-refractivity contribution in [2.75, 3.05) is 12.0 Å². The number of para-hydroxylation sites is 1. The summed E-state index contributed by atoms with van der Waals surface area (Å²) in [6.45, 7) is 0. The number of halogens is 1. The Morgan fingerprint density at radius 2 is 2.19 bits per heavy atom. The van der Waals surface area contributed by atoms with Crippen LogP contribution in [0.4, 0.5) is 0 Å². The lowest BCUT2D eigenvalue weighted by Crippen LogP contribution is -2.10. The van der Waals surface area contributed by atoms with E-state index in [1.54, 1.807) is 11.3 Å². The molecule has 16 heavy (non-hydrogen) atoms. The molecule has 1 heterocycles. The van der Waals surface area contributed by atoms with Crippen LogP contribution in [-0.2, 0) is 0 Å². The van der Waals surface area contributed by atoms with Gasteiger partial charge in [0, 0.05) is 0 Å². The predicted molar refractivity (Wildman–Crippen MR) is 76.8 cm³/mol. The second-order valence-corrected chi connectivity index (χ2v) is 5.46. The van der Waals surface area contributed by atoms with E-state index in [9.17, 15) is 0 Å². The molecule has 0 fully saturated rings. The van der Waals surface area contributed by atoms with Crippen LogP contribution in [0.25, 0.3) is 10.2 Å². The smallest absolute Gasteiger partial charge is 0.111 e. The Labute approximate surface area is 110 Å². The van der Waals surface area contributed by atoms with Gasteiger partial charge in [-0.05, 0) is 30.6 Å². The summed E-state index contributed by atoms with van der Waals surface area (Å²) in [5.74, 6) is 1.09. The van der Waals surface area contributed by atoms with E-state index < -0.39 is 0 Å². The summed E-state index contributed by atoms with van der Waals surface area (Å²) in [7, 11) is 0. The largest absolute Gasteiger partial charge is 0.322 e. The first-order valence-electron chi connectivity index (χ1n) is 4.91. The van der Waals surface area contributed by atoms with Crippen LogP contribution >= 0.6 is 35.5 Å². The zero-order valence-electron chi connectivity index (χ0n) is 9.05. The van der Waals surface area contributed by atoms with Gasteiger partial charge in [-0.2, -0.15) is 11.8 Å². The maximum Gasteiger partial charge on any atom is 0.111 e. The molecule has 0 aliphatic rings. The van der Waals surface area contributed by atoms with Crippen molar-refractivity contribution < 1.29 is 0 Å². The van der Waals surface area contributed by atoms with Crippen LogP contribution in [0.5, 0.6) is 0 Å². The van der Waals surface area contributed by atoms with E-state index in [1.165, 1.54) is 4.70 Å². The normalized spacial score (nSPS) is 12.4. The molecule has 0 bridgehead atoms. The Morgan fingerprint density at radius 1 is 1.44 bits per heavy atom. The molecule has 2 rings (SSSR count). The van der Waals surface area contributed by atoms with Gasteiger partial charge in [0.25, 0.3) is 0 Å². The quantitative estimate of drug-likeness (QED) is 0.928. The van der Waals surface area contributed by atoms with E-state index in [0.717, 1.165) is 22.7 Å². The van der Waals surface area contributed by atoms with E-state index in [1.807, 2.05) is 30.0 Å². The second kappa shape index (κ2) is 6.45. The molecule has 2 aromatic rings. The molecular weight excluding hydrogens is 260 g/mol. The molecule has 0 spiro atoms. The first-order chi connectivity index (χ1) is 7.31. The topological polar surface area (TPSA) is 38.9 Å². The minimum Gasteiger partial charge on any atom is -0.322 e. The predicted octanol–water partition coefficient (Wildman–Crippen LogP) is 3.47. The number of rotatable bonds is 4. The van der Waals surface area contributed by atoms with Crippen molar-refractivity contribution in [1.29, 1.82) is 0 Å². The van der Waals surface area contributed by atoms with E-state index in [0.29, 0.717) is 0 Å². The number of hydrogen-bond acceptors (Lipinski definition) is 4. The highest BCUT2D eigenvalue weighted by Crippen LogP contribution is 2.26. The van der Waals surface area contributed by atoms with E-state index >= 15 is 0 Å². The molecule has 0 amide bonds. The number of thioether (sulfide) groups is 1. The van der Waals surface area contributed by atoms with Crippen LogP contribution in [0.15, 0.2) is 24.3 Å². The van der Waals surface area contributed by atoms with Gasteiger partial charge in [0.2, 0.25) is 0 Å². The number of thiazole rings is 1. The van der Waals surface area contributed by atoms with Gasteiger partial charge >= 0.3 is 0 Å².